The SMILES string of the molecule is CN(Cc1nc(-c2ccccc2)no1)C(=O)c1csc(-c2cccnc2)n1. The summed E-state index contributed by atoms with van der Waals surface area (Å²) in [4.78, 5) is 27.0. The molecular weight excluding hydrogens is 362 g/mol. The van der Waals surface area contributed by atoms with E-state index in [1.807, 2.05) is 42.5 Å². The second kappa shape index (κ2) is 7.46. The summed E-state index contributed by atoms with van der Waals surface area (Å²) in [7, 11) is 1.68. The molecule has 0 fully saturated rings. The zero-order valence-electron chi connectivity index (χ0n) is 14.4. The van der Waals surface area contributed by atoms with Crippen molar-refractivity contribution in [3.63, 3.8) is 0 Å². The fraction of sp³-hybridized carbons (Fsp3) is 0.105. The second-order valence-electron chi connectivity index (χ2n) is 5.82. The molecule has 0 radical (unpaired) electrons. The maximum absolute atomic E-state index is 12.6. The molecule has 27 heavy (non-hydrogen) atoms. The molecule has 0 aliphatic rings. The van der Waals surface area contributed by atoms with E-state index in [2.05, 4.69) is 20.1 Å². The van der Waals surface area contributed by atoms with Crippen molar-refractivity contribution >= 4 is 17.2 Å². The number of carbonyl (C=O) groups is 1. The molecule has 0 saturated heterocycles. The molecule has 0 atom stereocenters. The molecule has 1 amide bonds. The first-order chi connectivity index (χ1) is 13.2. The third-order valence-electron chi connectivity index (χ3n) is 3.85. The van der Waals surface area contributed by atoms with Gasteiger partial charge in [-0.1, -0.05) is 35.5 Å². The first-order valence-electron chi connectivity index (χ1n) is 8.20. The van der Waals surface area contributed by atoms with Crippen LogP contribution in [0.2, 0.25) is 0 Å². The minimum Gasteiger partial charge on any atom is -0.337 e. The van der Waals surface area contributed by atoms with Crippen molar-refractivity contribution in [2.24, 2.45) is 0 Å². The molecule has 0 N–H and O–H groups in total. The van der Waals surface area contributed by atoms with Crippen molar-refractivity contribution in [1.82, 2.24) is 25.0 Å². The standard InChI is InChI=1S/C19H15N5O2S/c1-24(11-16-22-17(23-26-16)13-6-3-2-4-7-13)19(25)15-12-27-18(21-15)14-8-5-9-20-10-14/h2-10,12H,11H2,1H3. The highest BCUT2D eigenvalue weighted by Crippen LogP contribution is 2.23. The number of benzene rings is 1. The summed E-state index contributed by atoms with van der Waals surface area (Å²) in [5, 5.41) is 6.46. The van der Waals surface area contributed by atoms with Gasteiger partial charge < -0.3 is 9.42 Å². The molecule has 4 rings (SSSR count). The molecule has 3 aromatic heterocycles. The fourth-order valence-electron chi connectivity index (χ4n) is 2.49. The van der Waals surface area contributed by atoms with Crippen LogP contribution in [0, 0.1) is 0 Å². The first kappa shape index (κ1) is 17.0. The van der Waals surface area contributed by atoms with Gasteiger partial charge in [-0.2, -0.15) is 4.98 Å². The van der Waals surface area contributed by atoms with Crippen LogP contribution in [-0.2, 0) is 6.54 Å². The monoisotopic (exact) mass is 377 g/mol. The summed E-state index contributed by atoms with van der Waals surface area (Å²) in [6, 6.07) is 13.3. The van der Waals surface area contributed by atoms with Gasteiger partial charge in [-0.3, -0.25) is 9.78 Å². The smallest absolute Gasteiger partial charge is 0.273 e. The van der Waals surface area contributed by atoms with Gasteiger partial charge in [0.15, 0.2) is 0 Å². The van der Waals surface area contributed by atoms with Crippen molar-refractivity contribution in [2.45, 2.75) is 6.54 Å². The Kier molecular flexibility index (Phi) is 4.71. The zero-order valence-corrected chi connectivity index (χ0v) is 15.3. The Hall–Kier alpha value is -3.39. The zero-order chi connectivity index (χ0) is 18.6. The number of rotatable bonds is 5. The lowest BCUT2D eigenvalue weighted by atomic mass is 10.2. The molecule has 0 unspecified atom stereocenters. The molecule has 0 spiro atoms. The van der Waals surface area contributed by atoms with E-state index in [-0.39, 0.29) is 12.5 Å². The fourth-order valence-corrected chi connectivity index (χ4v) is 3.27. The van der Waals surface area contributed by atoms with E-state index >= 15 is 0 Å². The molecule has 3 heterocycles. The lowest BCUT2D eigenvalue weighted by molar-refractivity contribution is 0.0764. The highest BCUT2D eigenvalue weighted by atomic mass is 32.1. The van der Waals surface area contributed by atoms with Gasteiger partial charge in [0, 0.05) is 35.9 Å². The Morgan fingerprint density at radius 3 is 2.70 bits per heavy atom. The average Bonchev–Trinajstić information content (AvgIpc) is 3.39. The van der Waals surface area contributed by atoms with Crippen LogP contribution in [0.1, 0.15) is 16.4 Å². The van der Waals surface area contributed by atoms with Crippen molar-refractivity contribution < 1.29 is 9.32 Å². The van der Waals surface area contributed by atoms with Crippen molar-refractivity contribution in [3.05, 3.63) is 71.8 Å². The maximum Gasteiger partial charge on any atom is 0.273 e. The summed E-state index contributed by atoms with van der Waals surface area (Å²) >= 11 is 1.41. The number of thiazole rings is 1. The minimum absolute atomic E-state index is 0.207. The van der Waals surface area contributed by atoms with Crippen LogP contribution >= 0.6 is 11.3 Å². The van der Waals surface area contributed by atoms with Gasteiger partial charge >= 0.3 is 0 Å². The minimum atomic E-state index is -0.208. The number of nitrogens with zero attached hydrogens (tertiary/aromatic N) is 5. The van der Waals surface area contributed by atoms with Gasteiger partial charge in [-0.05, 0) is 12.1 Å². The third-order valence-corrected chi connectivity index (χ3v) is 4.74. The maximum atomic E-state index is 12.6. The molecule has 8 heteroatoms. The van der Waals surface area contributed by atoms with E-state index in [4.69, 9.17) is 4.52 Å². The predicted molar refractivity (Wildman–Crippen MR) is 101 cm³/mol. The van der Waals surface area contributed by atoms with Crippen LogP contribution in [0.3, 0.4) is 0 Å². The number of pyridine rings is 1. The van der Waals surface area contributed by atoms with Crippen LogP contribution in [-0.4, -0.2) is 38.0 Å². The van der Waals surface area contributed by atoms with Crippen LogP contribution < -0.4 is 0 Å². The van der Waals surface area contributed by atoms with E-state index in [1.165, 1.54) is 16.2 Å². The van der Waals surface area contributed by atoms with E-state index in [0.29, 0.717) is 17.4 Å². The van der Waals surface area contributed by atoms with Crippen molar-refractivity contribution in [3.8, 4) is 22.0 Å². The van der Waals surface area contributed by atoms with Gasteiger partial charge in [0.25, 0.3) is 5.91 Å². The summed E-state index contributed by atoms with van der Waals surface area (Å²) in [6.45, 7) is 0.207. The van der Waals surface area contributed by atoms with Gasteiger partial charge in [0.05, 0.1) is 0 Å². The van der Waals surface area contributed by atoms with Crippen molar-refractivity contribution in [2.75, 3.05) is 7.05 Å². The Labute approximate surface area is 159 Å². The predicted octanol–water partition coefficient (Wildman–Crippen LogP) is 3.53. The van der Waals surface area contributed by atoms with E-state index < -0.39 is 0 Å². The Morgan fingerprint density at radius 1 is 1.11 bits per heavy atom. The molecule has 0 bridgehead atoms. The molecule has 134 valence electrons. The Morgan fingerprint density at radius 2 is 1.93 bits per heavy atom. The number of carbonyl (C=O) groups excluding carboxylic acids is 1. The Bertz CT molecular complexity index is 1050. The molecule has 1 aromatic carbocycles. The molecule has 0 aliphatic heterocycles. The number of hydrogen-bond acceptors (Lipinski definition) is 7. The van der Waals surface area contributed by atoms with Gasteiger partial charge in [0.1, 0.15) is 17.2 Å². The summed E-state index contributed by atoms with van der Waals surface area (Å²) in [5.74, 6) is 0.659. The Balaban J connectivity index is 1.46. The van der Waals surface area contributed by atoms with Crippen LogP contribution in [0.5, 0.6) is 0 Å². The van der Waals surface area contributed by atoms with Gasteiger partial charge in [-0.25, -0.2) is 4.98 Å². The van der Waals surface area contributed by atoms with Gasteiger partial charge in [-0.15, -0.1) is 11.3 Å². The summed E-state index contributed by atoms with van der Waals surface area (Å²) in [5.41, 5.74) is 2.12. The lowest BCUT2D eigenvalue weighted by Gasteiger charge is -2.12. The average molecular weight is 377 g/mol. The number of amides is 1. The molecule has 4 aromatic rings. The summed E-state index contributed by atoms with van der Waals surface area (Å²) in [6.07, 6.45) is 3.42. The topological polar surface area (TPSA) is 85.0 Å². The number of aromatic nitrogens is 4. The number of hydrogen-bond donors (Lipinski definition) is 0. The van der Waals surface area contributed by atoms with Crippen molar-refractivity contribution in [1.29, 1.82) is 0 Å². The van der Waals surface area contributed by atoms with Crippen LogP contribution in [0.15, 0.2) is 64.8 Å². The largest absolute Gasteiger partial charge is 0.337 e. The van der Waals surface area contributed by atoms with Crippen LogP contribution in [0.4, 0.5) is 0 Å². The lowest BCUT2D eigenvalue weighted by Crippen LogP contribution is -2.26. The third kappa shape index (κ3) is 3.75. The van der Waals surface area contributed by atoms with Gasteiger partial charge in [0.2, 0.25) is 11.7 Å². The molecular formula is C19H15N5O2S. The first-order valence-corrected chi connectivity index (χ1v) is 9.08. The highest BCUT2D eigenvalue weighted by molar-refractivity contribution is 7.13. The summed E-state index contributed by atoms with van der Waals surface area (Å²) < 4.78 is 5.27. The van der Waals surface area contributed by atoms with Crippen LogP contribution in [0.25, 0.3) is 22.0 Å². The molecule has 0 saturated carbocycles. The van der Waals surface area contributed by atoms with E-state index in [9.17, 15) is 4.79 Å². The quantitative estimate of drug-likeness (QED) is 0.529. The van der Waals surface area contributed by atoms with E-state index in [0.717, 1.165) is 16.1 Å². The molecule has 7 nitrogen and oxygen atoms in total. The normalized spacial score (nSPS) is 10.7. The molecule has 0 aliphatic carbocycles. The highest BCUT2D eigenvalue weighted by Gasteiger charge is 2.19. The second-order valence-corrected chi connectivity index (χ2v) is 6.68. The van der Waals surface area contributed by atoms with E-state index in [1.54, 1.807) is 24.8 Å².